The Morgan fingerprint density at radius 3 is 1.90 bits per heavy atom. The molecule has 3 heterocycles. The molecule has 1 aliphatic carbocycles. The van der Waals surface area contributed by atoms with E-state index in [0.717, 1.165) is 56.3 Å². The lowest BCUT2D eigenvalue weighted by molar-refractivity contribution is 0.669. The Hall–Kier alpha value is -6.85. The third-order valence-electron chi connectivity index (χ3n) is 10.3. The number of hydrogen-bond acceptors (Lipinski definition) is 4. The Balaban J connectivity index is 1.09. The standard InChI is InChI=1S/C46H28N4O/c1-3-12-28(13-4-1)44-47-45(29-14-5-2-6-15-29)49-46(48-44)33-19-11-18-32-36-27-31(23-22-30(36)26-37(32)33)50-38-20-9-7-16-34(38)42-39(50)24-25-41-43(42)35-17-8-10-21-40(35)51-41/h1-25,27H,26H2. The molecular formula is C46H28N4O. The molecule has 5 nitrogen and oxygen atoms in total. The van der Waals surface area contributed by atoms with Crippen molar-refractivity contribution in [3.05, 3.63) is 169 Å². The summed E-state index contributed by atoms with van der Waals surface area (Å²) in [6.45, 7) is 0. The third-order valence-corrected chi connectivity index (χ3v) is 10.3. The molecule has 0 saturated carbocycles. The highest BCUT2D eigenvalue weighted by atomic mass is 16.3. The Labute approximate surface area is 293 Å². The molecule has 3 aromatic heterocycles. The van der Waals surface area contributed by atoms with E-state index in [9.17, 15) is 0 Å². The van der Waals surface area contributed by atoms with Crippen molar-refractivity contribution >= 4 is 43.7 Å². The maximum Gasteiger partial charge on any atom is 0.164 e. The first-order valence-corrected chi connectivity index (χ1v) is 17.2. The van der Waals surface area contributed by atoms with Gasteiger partial charge in [-0.3, -0.25) is 0 Å². The predicted molar refractivity (Wildman–Crippen MR) is 206 cm³/mol. The number of nitrogens with zero attached hydrogens (tertiary/aromatic N) is 4. The molecule has 0 saturated heterocycles. The fourth-order valence-corrected chi connectivity index (χ4v) is 8.02. The van der Waals surface area contributed by atoms with Gasteiger partial charge < -0.3 is 8.98 Å². The van der Waals surface area contributed by atoms with Crippen LogP contribution in [-0.2, 0) is 6.42 Å². The van der Waals surface area contributed by atoms with Crippen LogP contribution >= 0.6 is 0 Å². The van der Waals surface area contributed by atoms with Gasteiger partial charge in [0.2, 0.25) is 0 Å². The lowest BCUT2D eigenvalue weighted by Crippen LogP contribution is -2.01. The molecule has 0 unspecified atom stereocenters. The number of furan rings is 1. The Morgan fingerprint density at radius 2 is 1.12 bits per heavy atom. The van der Waals surface area contributed by atoms with Crippen LogP contribution in [0.25, 0.3) is 94.7 Å². The second kappa shape index (κ2) is 10.8. The molecule has 11 rings (SSSR count). The monoisotopic (exact) mass is 652 g/mol. The van der Waals surface area contributed by atoms with Gasteiger partial charge in [0.25, 0.3) is 0 Å². The van der Waals surface area contributed by atoms with Gasteiger partial charge in [0, 0.05) is 43.9 Å². The average Bonchev–Trinajstić information content (AvgIpc) is 3.87. The van der Waals surface area contributed by atoms with Gasteiger partial charge in [-0.1, -0.05) is 121 Å². The molecule has 0 radical (unpaired) electrons. The van der Waals surface area contributed by atoms with E-state index < -0.39 is 0 Å². The Bertz CT molecular complexity index is 2940. The minimum atomic E-state index is 0.667. The van der Waals surface area contributed by atoms with Gasteiger partial charge in [0.15, 0.2) is 17.5 Å². The van der Waals surface area contributed by atoms with Crippen LogP contribution in [0.2, 0.25) is 0 Å². The summed E-state index contributed by atoms with van der Waals surface area (Å²) in [6.07, 6.45) is 0.808. The van der Waals surface area contributed by atoms with E-state index in [4.69, 9.17) is 19.4 Å². The zero-order chi connectivity index (χ0) is 33.5. The molecule has 0 bridgehead atoms. The van der Waals surface area contributed by atoms with Crippen LogP contribution in [0.1, 0.15) is 11.1 Å². The molecular weight excluding hydrogens is 625 g/mol. The maximum atomic E-state index is 6.31. The maximum absolute atomic E-state index is 6.31. The van der Waals surface area contributed by atoms with Gasteiger partial charge in [0.1, 0.15) is 11.2 Å². The molecule has 51 heavy (non-hydrogen) atoms. The highest BCUT2D eigenvalue weighted by Crippen LogP contribution is 2.45. The molecule has 0 fully saturated rings. The van der Waals surface area contributed by atoms with Gasteiger partial charge in [-0.2, -0.15) is 0 Å². The zero-order valence-corrected chi connectivity index (χ0v) is 27.4. The molecule has 0 atom stereocenters. The number of benzene rings is 7. The van der Waals surface area contributed by atoms with Crippen molar-refractivity contribution < 1.29 is 4.42 Å². The summed E-state index contributed by atoms with van der Waals surface area (Å²) in [5.41, 5.74) is 13.2. The smallest absolute Gasteiger partial charge is 0.164 e. The van der Waals surface area contributed by atoms with Crippen LogP contribution in [-0.4, -0.2) is 19.5 Å². The van der Waals surface area contributed by atoms with Gasteiger partial charge in [0.05, 0.1) is 11.0 Å². The van der Waals surface area contributed by atoms with Gasteiger partial charge >= 0.3 is 0 Å². The summed E-state index contributed by atoms with van der Waals surface area (Å²) in [6, 6.07) is 55.1. The number of para-hydroxylation sites is 2. The third kappa shape index (κ3) is 4.25. The normalized spacial score (nSPS) is 12.2. The van der Waals surface area contributed by atoms with E-state index in [1.165, 1.54) is 38.5 Å². The molecule has 0 spiro atoms. The first-order chi connectivity index (χ1) is 25.3. The van der Waals surface area contributed by atoms with Crippen molar-refractivity contribution in [2.75, 3.05) is 0 Å². The highest BCUT2D eigenvalue weighted by Gasteiger charge is 2.25. The van der Waals surface area contributed by atoms with Crippen molar-refractivity contribution in [2.45, 2.75) is 6.42 Å². The molecule has 5 heteroatoms. The largest absolute Gasteiger partial charge is 0.456 e. The summed E-state index contributed by atoms with van der Waals surface area (Å²) in [4.78, 5) is 15.1. The van der Waals surface area contributed by atoms with Crippen LogP contribution in [0.5, 0.6) is 0 Å². The molecule has 0 aliphatic heterocycles. The minimum Gasteiger partial charge on any atom is -0.456 e. The molecule has 0 N–H and O–H groups in total. The van der Waals surface area contributed by atoms with Crippen LogP contribution in [0.4, 0.5) is 0 Å². The summed E-state index contributed by atoms with van der Waals surface area (Å²) in [5, 5.41) is 4.73. The lowest BCUT2D eigenvalue weighted by Gasteiger charge is -2.12. The minimum absolute atomic E-state index is 0.667. The number of hydrogen-bond donors (Lipinski definition) is 0. The van der Waals surface area contributed by atoms with Crippen molar-refractivity contribution in [1.29, 1.82) is 0 Å². The quantitative estimate of drug-likeness (QED) is 0.190. The fourth-order valence-electron chi connectivity index (χ4n) is 8.02. The van der Waals surface area contributed by atoms with Crippen LogP contribution in [0, 0.1) is 0 Å². The zero-order valence-electron chi connectivity index (χ0n) is 27.4. The van der Waals surface area contributed by atoms with Crippen LogP contribution in [0.15, 0.2) is 162 Å². The second-order valence-corrected chi connectivity index (χ2v) is 13.2. The van der Waals surface area contributed by atoms with Crippen molar-refractivity contribution in [1.82, 2.24) is 19.5 Å². The number of aromatic nitrogens is 4. The van der Waals surface area contributed by atoms with Gasteiger partial charge in [-0.05, 0) is 65.1 Å². The summed E-state index contributed by atoms with van der Waals surface area (Å²) in [7, 11) is 0. The fraction of sp³-hybridized carbons (Fsp3) is 0.0217. The van der Waals surface area contributed by atoms with Crippen molar-refractivity contribution in [3.8, 4) is 51.0 Å². The van der Waals surface area contributed by atoms with Crippen LogP contribution < -0.4 is 0 Å². The predicted octanol–water partition coefficient (Wildman–Crippen LogP) is 11.4. The highest BCUT2D eigenvalue weighted by molar-refractivity contribution is 6.27. The van der Waals surface area contributed by atoms with Gasteiger partial charge in [-0.15, -0.1) is 0 Å². The SMILES string of the molecule is c1ccc(-c2nc(-c3ccccc3)nc(-c3cccc4c3Cc3ccc(-n5c6ccccc6c6c7c(ccc65)oc5ccccc57)cc3-4)n2)cc1. The molecule has 1 aliphatic rings. The van der Waals surface area contributed by atoms with E-state index in [2.05, 4.69) is 120 Å². The number of rotatable bonds is 4. The number of fused-ring (bicyclic) bond motifs is 10. The first kappa shape index (κ1) is 28.0. The van der Waals surface area contributed by atoms with E-state index in [-0.39, 0.29) is 0 Å². The van der Waals surface area contributed by atoms with Crippen molar-refractivity contribution in [2.24, 2.45) is 0 Å². The topological polar surface area (TPSA) is 56.7 Å². The Morgan fingerprint density at radius 1 is 0.451 bits per heavy atom. The first-order valence-electron chi connectivity index (χ1n) is 17.2. The molecule has 0 amide bonds. The summed E-state index contributed by atoms with van der Waals surface area (Å²) >= 11 is 0. The molecule has 7 aromatic carbocycles. The lowest BCUT2D eigenvalue weighted by atomic mass is 10.0. The summed E-state index contributed by atoms with van der Waals surface area (Å²) < 4.78 is 8.71. The van der Waals surface area contributed by atoms with E-state index in [1.807, 2.05) is 42.5 Å². The summed E-state index contributed by atoms with van der Waals surface area (Å²) in [5.74, 6) is 2.02. The van der Waals surface area contributed by atoms with E-state index in [1.54, 1.807) is 0 Å². The average molecular weight is 653 g/mol. The molecule has 10 aromatic rings. The van der Waals surface area contributed by atoms with Gasteiger partial charge in [-0.25, -0.2) is 15.0 Å². The second-order valence-electron chi connectivity index (χ2n) is 13.2. The Kier molecular flexibility index (Phi) is 5.95. The van der Waals surface area contributed by atoms with E-state index in [0.29, 0.717) is 17.5 Å². The van der Waals surface area contributed by atoms with Crippen molar-refractivity contribution in [3.63, 3.8) is 0 Å². The van der Waals surface area contributed by atoms with E-state index >= 15 is 0 Å². The van der Waals surface area contributed by atoms with Crippen LogP contribution in [0.3, 0.4) is 0 Å². The molecule has 238 valence electrons.